The third-order valence-electron chi connectivity index (χ3n) is 6.30. The normalized spacial score (nSPS) is 11.1. The molecule has 4 heteroatoms. The second kappa shape index (κ2) is 9.67. The monoisotopic (exact) mass is 474 g/mol. The van der Waals surface area contributed by atoms with Crippen LogP contribution in [0.15, 0.2) is 106 Å². The van der Waals surface area contributed by atoms with Gasteiger partial charge in [-0.3, -0.25) is 9.59 Å². The average molecular weight is 475 g/mol. The number of hydrogen-bond donors (Lipinski definition) is 0. The van der Waals surface area contributed by atoms with Gasteiger partial charge in [-0.2, -0.15) is 0 Å². The summed E-state index contributed by atoms with van der Waals surface area (Å²) < 4.78 is 12.3. The van der Waals surface area contributed by atoms with Crippen molar-refractivity contribution in [1.29, 1.82) is 0 Å². The fraction of sp³-hybridized carbons (Fsp3) is 0.125. The van der Waals surface area contributed by atoms with Gasteiger partial charge in [0.2, 0.25) is 11.2 Å². The van der Waals surface area contributed by atoms with Crippen LogP contribution < -0.4 is 10.2 Å². The van der Waals surface area contributed by atoms with Gasteiger partial charge in [-0.05, 0) is 49.1 Å². The lowest BCUT2D eigenvalue weighted by Crippen LogP contribution is -2.23. The van der Waals surface area contributed by atoms with Crippen LogP contribution in [0.3, 0.4) is 0 Å². The molecule has 36 heavy (non-hydrogen) atoms. The zero-order chi connectivity index (χ0) is 25.2. The van der Waals surface area contributed by atoms with E-state index in [0.717, 1.165) is 27.8 Å². The molecule has 4 aromatic carbocycles. The summed E-state index contributed by atoms with van der Waals surface area (Å²) in [7, 11) is 0. The van der Waals surface area contributed by atoms with Gasteiger partial charge in [-0.15, -0.1) is 0 Å². The molecule has 0 unspecified atom stereocenters. The van der Waals surface area contributed by atoms with Crippen LogP contribution in [-0.4, -0.2) is 5.97 Å². The van der Waals surface area contributed by atoms with Crippen molar-refractivity contribution in [1.82, 2.24) is 0 Å². The predicted octanol–water partition coefficient (Wildman–Crippen LogP) is 7.12. The van der Waals surface area contributed by atoms with Gasteiger partial charge < -0.3 is 9.15 Å². The SMILES string of the molecule is Cc1ccc(-c2oc3c(C)cc(C)cc3c(=O)c2OC(=O)C(c2ccccc2)c2ccccc2)cc1. The molecule has 0 aliphatic carbocycles. The van der Waals surface area contributed by atoms with Crippen molar-refractivity contribution in [3.05, 3.63) is 135 Å². The molecule has 0 N–H and O–H groups in total. The molecule has 0 aliphatic heterocycles. The molecule has 0 atom stereocenters. The summed E-state index contributed by atoms with van der Waals surface area (Å²) >= 11 is 0. The second-order valence-corrected chi connectivity index (χ2v) is 9.09. The molecule has 4 nitrogen and oxygen atoms in total. The molecule has 0 amide bonds. The number of carbonyl (C=O) groups excluding carboxylic acids is 1. The first-order chi connectivity index (χ1) is 17.4. The van der Waals surface area contributed by atoms with E-state index in [9.17, 15) is 9.59 Å². The summed E-state index contributed by atoms with van der Waals surface area (Å²) in [6.45, 7) is 5.81. The van der Waals surface area contributed by atoms with E-state index >= 15 is 0 Å². The predicted molar refractivity (Wildman–Crippen MR) is 142 cm³/mol. The Hall–Kier alpha value is -4.44. The van der Waals surface area contributed by atoms with E-state index < -0.39 is 11.9 Å². The number of rotatable bonds is 5. The molecule has 0 aliphatic rings. The highest BCUT2D eigenvalue weighted by molar-refractivity contribution is 5.89. The molecular formula is C32H26O4. The molecule has 0 spiro atoms. The number of esters is 1. The Labute approximate surface area is 209 Å². The smallest absolute Gasteiger partial charge is 0.323 e. The van der Waals surface area contributed by atoms with Crippen LogP contribution in [0.4, 0.5) is 0 Å². The molecule has 0 bridgehead atoms. The van der Waals surface area contributed by atoms with Crippen LogP contribution in [0.25, 0.3) is 22.3 Å². The molecule has 0 radical (unpaired) electrons. The minimum atomic E-state index is -0.701. The molecule has 0 saturated heterocycles. The Bertz CT molecular complexity index is 1560. The van der Waals surface area contributed by atoms with Crippen molar-refractivity contribution in [3.8, 4) is 17.1 Å². The minimum Gasteiger partial charge on any atom is -0.452 e. The number of aryl methyl sites for hydroxylation is 3. The van der Waals surface area contributed by atoms with Crippen molar-refractivity contribution < 1.29 is 13.9 Å². The Kier molecular flexibility index (Phi) is 6.26. The van der Waals surface area contributed by atoms with Crippen LogP contribution in [0.1, 0.15) is 33.7 Å². The zero-order valence-electron chi connectivity index (χ0n) is 20.4. The lowest BCUT2D eigenvalue weighted by molar-refractivity contribution is -0.135. The van der Waals surface area contributed by atoms with Crippen molar-refractivity contribution in [2.45, 2.75) is 26.7 Å². The summed E-state index contributed by atoms with van der Waals surface area (Å²) in [6, 6.07) is 30.2. The second-order valence-electron chi connectivity index (χ2n) is 9.09. The summed E-state index contributed by atoms with van der Waals surface area (Å²) in [4.78, 5) is 27.6. The number of fused-ring (bicyclic) bond motifs is 1. The number of ether oxygens (including phenoxy) is 1. The highest BCUT2D eigenvalue weighted by Crippen LogP contribution is 2.34. The maximum absolute atomic E-state index is 13.8. The maximum Gasteiger partial charge on any atom is 0.323 e. The molecular weight excluding hydrogens is 448 g/mol. The van der Waals surface area contributed by atoms with E-state index in [-0.39, 0.29) is 16.9 Å². The molecule has 178 valence electrons. The Morgan fingerprint density at radius 2 is 1.33 bits per heavy atom. The van der Waals surface area contributed by atoms with E-state index in [4.69, 9.17) is 9.15 Å². The number of benzene rings is 4. The van der Waals surface area contributed by atoms with Gasteiger partial charge in [0.15, 0.2) is 5.76 Å². The van der Waals surface area contributed by atoms with E-state index in [1.54, 1.807) is 6.07 Å². The summed E-state index contributed by atoms with van der Waals surface area (Å²) in [6.07, 6.45) is 0. The quantitative estimate of drug-likeness (QED) is 0.254. The number of carbonyl (C=O) groups is 1. The zero-order valence-corrected chi connectivity index (χ0v) is 20.4. The lowest BCUT2D eigenvalue weighted by atomic mass is 9.91. The topological polar surface area (TPSA) is 56.5 Å². The highest BCUT2D eigenvalue weighted by Gasteiger charge is 2.28. The van der Waals surface area contributed by atoms with Gasteiger partial charge in [0, 0.05) is 5.56 Å². The summed E-state index contributed by atoms with van der Waals surface area (Å²) in [5.74, 6) is -1.10. The van der Waals surface area contributed by atoms with Gasteiger partial charge in [0.1, 0.15) is 11.5 Å². The Morgan fingerprint density at radius 1 is 0.750 bits per heavy atom. The maximum atomic E-state index is 13.8. The molecule has 5 rings (SSSR count). The van der Waals surface area contributed by atoms with E-state index in [1.807, 2.05) is 112 Å². The standard InChI is InChI=1S/C32H26O4/c1-20-14-16-25(17-15-20)30-31(28(33)26-19-21(2)18-22(3)29(26)35-30)36-32(34)27(23-10-6-4-7-11-23)24-12-8-5-9-13-24/h4-19,27H,1-3H3. The van der Waals surface area contributed by atoms with Crippen LogP contribution >= 0.6 is 0 Å². The molecule has 0 saturated carbocycles. The number of hydrogen-bond acceptors (Lipinski definition) is 4. The first-order valence-electron chi connectivity index (χ1n) is 11.9. The van der Waals surface area contributed by atoms with E-state index in [1.165, 1.54) is 0 Å². The highest BCUT2D eigenvalue weighted by atomic mass is 16.5. The fourth-order valence-corrected chi connectivity index (χ4v) is 4.54. The molecule has 1 aromatic heterocycles. The van der Waals surface area contributed by atoms with Crippen molar-refractivity contribution in [2.24, 2.45) is 0 Å². The molecule has 1 heterocycles. The van der Waals surface area contributed by atoms with E-state index in [0.29, 0.717) is 16.5 Å². The largest absolute Gasteiger partial charge is 0.452 e. The lowest BCUT2D eigenvalue weighted by Gasteiger charge is -2.18. The summed E-state index contributed by atoms with van der Waals surface area (Å²) in [5.41, 5.74) is 5.19. The third kappa shape index (κ3) is 4.46. The molecule has 5 aromatic rings. The van der Waals surface area contributed by atoms with Gasteiger partial charge in [0.05, 0.1) is 5.39 Å². The van der Waals surface area contributed by atoms with Gasteiger partial charge in [0.25, 0.3) is 0 Å². The van der Waals surface area contributed by atoms with Crippen molar-refractivity contribution >= 4 is 16.9 Å². The van der Waals surface area contributed by atoms with Gasteiger partial charge in [-0.25, -0.2) is 0 Å². The minimum absolute atomic E-state index is 0.0989. The third-order valence-corrected chi connectivity index (χ3v) is 6.30. The fourth-order valence-electron chi connectivity index (χ4n) is 4.54. The summed E-state index contributed by atoms with van der Waals surface area (Å²) in [5, 5.41) is 0.391. The van der Waals surface area contributed by atoms with Crippen LogP contribution in [0, 0.1) is 20.8 Å². The van der Waals surface area contributed by atoms with Crippen molar-refractivity contribution in [2.75, 3.05) is 0 Å². The van der Waals surface area contributed by atoms with E-state index in [2.05, 4.69) is 0 Å². The van der Waals surface area contributed by atoms with Gasteiger partial charge >= 0.3 is 5.97 Å². The van der Waals surface area contributed by atoms with Crippen molar-refractivity contribution in [3.63, 3.8) is 0 Å². The van der Waals surface area contributed by atoms with Gasteiger partial charge in [-0.1, -0.05) is 96.6 Å². The van der Waals surface area contributed by atoms with Crippen LogP contribution in [0.5, 0.6) is 5.75 Å². The Balaban J connectivity index is 1.69. The Morgan fingerprint density at radius 3 is 1.92 bits per heavy atom. The first kappa shape index (κ1) is 23.3. The molecule has 0 fully saturated rings. The average Bonchev–Trinajstić information content (AvgIpc) is 2.88. The van der Waals surface area contributed by atoms with Crippen LogP contribution in [-0.2, 0) is 4.79 Å². The first-order valence-corrected chi connectivity index (χ1v) is 11.9. The van der Waals surface area contributed by atoms with Crippen LogP contribution in [0.2, 0.25) is 0 Å².